The zero-order chi connectivity index (χ0) is 20.3. The van der Waals surface area contributed by atoms with Gasteiger partial charge in [-0.05, 0) is 17.7 Å². The van der Waals surface area contributed by atoms with Crippen molar-refractivity contribution in [2.75, 3.05) is 20.3 Å². The van der Waals surface area contributed by atoms with Crippen molar-refractivity contribution >= 4 is 24.0 Å². The van der Waals surface area contributed by atoms with Crippen molar-refractivity contribution in [2.24, 2.45) is 10.7 Å². The van der Waals surface area contributed by atoms with E-state index in [1.54, 1.807) is 0 Å². The Morgan fingerprint density at radius 3 is 2.62 bits per heavy atom. The summed E-state index contributed by atoms with van der Waals surface area (Å²) in [5.74, 6) is -1.20. The van der Waals surface area contributed by atoms with E-state index in [2.05, 4.69) is 15.0 Å². The van der Waals surface area contributed by atoms with Crippen LogP contribution < -0.4 is 10.5 Å². The van der Waals surface area contributed by atoms with Crippen molar-refractivity contribution in [3.05, 3.63) is 53.4 Å². The molecule has 2 aromatic rings. The minimum Gasteiger partial charge on any atom is -0.494 e. The Morgan fingerprint density at radius 1 is 1.34 bits per heavy atom. The molecule has 11 heteroatoms. The average Bonchev–Trinajstić information content (AvgIpc) is 2.69. The fourth-order valence-corrected chi connectivity index (χ4v) is 2.84. The summed E-state index contributed by atoms with van der Waals surface area (Å²) in [6.45, 7) is -0.635. The van der Waals surface area contributed by atoms with Gasteiger partial charge in [-0.1, -0.05) is 6.07 Å². The van der Waals surface area contributed by atoms with Gasteiger partial charge in [0.2, 0.25) is 5.78 Å². The highest BCUT2D eigenvalue weighted by atomic mass is 35.5. The molecule has 1 aromatic carbocycles. The number of benzene rings is 1. The molecule has 1 atom stereocenters. The van der Waals surface area contributed by atoms with Gasteiger partial charge in [0, 0.05) is 12.0 Å². The minimum absolute atomic E-state index is 0. The first-order valence-corrected chi connectivity index (χ1v) is 8.24. The van der Waals surface area contributed by atoms with Gasteiger partial charge in [-0.25, -0.2) is 23.1 Å². The fourth-order valence-electron chi connectivity index (χ4n) is 2.84. The van der Waals surface area contributed by atoms with Crippen LogP contribution in [0.25, 0.3) is 0 Å². The number of Topliss-reactive ketones (excluding diaryl/α,β-unsaturated/α-hetero) is 1. The van der Waals surface area contributed by atoms with Crippen molar-refractivity contribution in [1.82, 2.24) is 9.97 Å². The van der Waals surface area contributed by atoms with E-state index in [-0.39, 0.29) is 42.7 Å². The lowest BCUT2D eigenvalue weighted by molar-refractivity contribution is -0.0146. The van der Waals surface area contributed by atoms with Crippen molar-refractivity contribution in [1.29, 1.82) is 0 Å². The number of nitrogens with zero attached hydrogens (tertiary/aromatic N) is 3. The van der Waals surface area contributed by atoms with Crippen LogP contribution in [0.4, 0.5) is 13.2 Å². The topological polar surface area (TPSA) is 99.7 Å². The number of ketones is 1. The molecule has 0 bridgehead atoms. The molecule has 0 spiro atoms. The number of aromatic nitrogens is 2. The minimum atomic E-state index is -3.06. The Bertz CT molecular complexity index is 912. The highest BCUT2D eigenvalue weighted by molar-refractivity contribution is 5.94. The third kappa shape index (κ3) is 4.65. The lowest BCUT2D eigenvalue weighted by Crippen LogP contribution is -2.45. The summed E-state index contributed by atoms with van der Waals surface area (Å²) in [4.78, 5) is 23.9. The predicted octanol–water partition coefficient (Wildman–Crippen LogP) is 2.32. The van der Waals surface area contributed by atoms with E-state index in [0.29, 0.717) is 11.3 Å². The van der Waals surface area contributed by atoms with Crippen LogP contribution in [-0.2, 0) is 16.7 Å². The molecule has 1 aliphatic rings. The highest BCUT2D eigenvalue weighted by Gasteiger charge is 2.46. The summed E-state index contributed by atoms with van der Waals surface area (Å²) in [7, 11) is 1.43. The molecule has 0 aliphatic carbocycles. The van der Waals surface area contributed by atoms with Gasteiger partial charge in [-0.2, -0.15) is 0 Å². The quantitative estimate of drug-likeness (QED) is 0.706. The first-order valence-electron chi connectivity index (χ1n) is 8.24. The standard InChI is InChI=1S/C18H17F3N4O3.ClH/c1-27-11-6-23-16(24-7-11)14(26)5-10-2-3-13(19)12(4-10)18(17(20)21)9-28-8-15(22)25-18;/h2-4,6-7,17H,5,8-9H2,1H3,(H2,22,25);1H/t18-;/m0./s1. The summed E-state index contributed by atoms with van der Waals surface area (Å²) in [5, 5.41) is 0. The Kier molecular flexibility index (Phi) is 7.15. The molecule has 1 aliphatic heterocycles. The molecular formula is C18H18ClF3N4O3. The third-order valence-electron chi connectivity index (χ3n) is 4.25. The summed E-state index contributed by atoms with van der Waals surface area (Å²) >= 11 is 0. The number of carbonyl (C=O) groups is 1. The van der Waals surface area contributed by atoms with Crippen LogP contribution in [0.15, 0.2) is 35.6 Å². The molecule has 2 heterocycles. The van der Waals surface area contributed by atoms with Crippen molar-refractivity contribution in [2.45, 2.75) is 18.4 Å². The highest BCUT2D eigenvalue weighted by Crippen LogP contribution is 2.37. The monoisotopic (exact) mass is 430 g/mol. The average molecular weight is 431 g/mol. The van der Waals surface area contributed by atoms with Gasteiger partial charge < -0.3 is 15.2 Å². The molecule has 0 amide bonds. The Balaban J connectivity index is 0.00000300. The number of alkyl halides is 2. The molecule has 156 valence electrons. The molecular weight excluding hydrogens is 413 g/mol. The molecule has 3 rings (SSSR count). The number of aliphatic imine (C=N–C) groups is 1. The molecule has 2 N–H and O–H groups in total. The van der Waals surface area contributed by atoms with Gasteiger partial charge in [-0.3, -0.25) is 9.79 Å². The lowest BCUT2D eigenvalue weighted by atomic mass is 9.88. The van der Waals surface area contributed by atoms with Crippen molar-refractivity contribution < 1.29 is 27.4 Å². The van der Waals surface area contributed by atoms with Crippen LogP contribution >= 0.6 is 12.4 Å². The summed E-state index contributed by atoms with van der Waals surface area (Å²) < 4.78 is 52.1. The third-order valence-corrected chi connectivity index (χ3v) is 4.25. The number of methoxy groups -OCH3 is 1. The smallest absolute Gasteiger partial charge is 0.269 e. The predicted molar refractivity (Wildman–Crippen MR) is 100 cm³/mol. The Morgan fingerprint density at radius 2 is 2.03 bits per heavy atom. The van der Waals surface area contributed by atoms with Crippen LogP contribution in [0.1, 0.15) is 21.7 Å². The first kappa shape index (κ1) is 22.6. The van der Waals surface area contributed by atoms with E-state index in [0.717, 1.165) is 6.07 Å². The van der Waals surface area contributed by atoms with Gasteiger partial charge in [0.05, 0.1) is 26.1 Å². The fraction of sp³-hybridized carbons (Fsp3) is 0.333. The van der Waals surface area contributed by atoms with E-state index in [1.165, 1.54) is 31.6 Å². The zero-order valence-electron chi connectivity index (χ0n) is 15.3. The van der Waals surface area contributed by atoms with E-state index in [9.17, 15) is 18.0 Å². The summed E-state index contributed by atoms with van der Waals surface area (Å²) in [5.41, 5.74) is 3.20. The number of amidine groups is 1. The van der Waals surface area contributed by atoms with E-state index >= 15 is 0 Å². The van der Waals surface area contributed by atoms with Crippen LogP contribution in [0.2, 0.25) is 0 Å². The SMILES string of the molecule is COc1cnc(C(=O)Cc2ccc(F)c([C@]3(C(F)F)COCC(N)=N3)c2)nc1.Cl. The molecule has 0 unspecified atom stereocenters. The molecule has 0 radical (unpaired) electrons. The Hall–Kier alpha value is -2.72. The normalized spacial score (nSPS) is 18.7. The molecule has 0 fully saturated rings. The molecule has 1 aromatic heterocycles. The maximum Gasteiger partial charge on any atom is 0.269 e. The van der Waals surface area contributed by atoms with Crippen molar-refractivity contribution in [3.8, 4) is 5.75 Å². The van der Waals surface area contributed by atoms with Crippen LogP contribution in [0.3, 0.4) is 0 Å². The second kappa shape index (κ2) is 9.19. The summed E-state index contributed by atoms with van der Waals surface area (Å²) in [6, 6.07) is 3.52. The number of nitrogens with two attached hydrogens (primary N) is 1. The first-order chi connectivity index (χ1) is 13.4. The maximum absolute atomic E-state index is 14.4. The Labute approximate surface area is 170 Å². The number of halogens is 4. The number of hydrogen-bond acceptors (Lipinski definition) is 7. The van der Waals surface area contributed by atoms with Crippen LogP contribution in [0.5, 0.6) is 5.75 Å². The van der Waals surface area contributed by atoms with E-state index in [4.69, 9.17) is 15.2 Å². The number of carbonyl (C=O) groups excluding carboxylic acids is 1. The number of rotatable bonds is 6. The molecule has 7 nitrogen and oxygen atoms in total. The molecule has 29 heavy (non-hydrogen) atoms. The van der Waals surface area contributed by atoms with Crippen molar-refractivity contribution in [3.63, 3.8) is 0 Å². The number of ether oxygens (including phenoxy) is 2. The van der Waals surface area contributed by atoms with Crippen LogP contribution in [-0.4, -0.2) is 48.3 Å². The molecule has 0 saturated carbocycles. The largest absolute Gasteiger partial charge is 0.494 e. The van der Waals surface area contributed by atoms with Crippen LogP contribution in [0, 0.1) is 5.82 Å². The number of hydrogen-bond donors (Lipinski definition) is 1. The van der Waals surface area contributed by atoms with Gasteiger partial charge in [0.1, 0.15) is 18.3 Å². The second-order valence-electron chi connectivity index (χ2n) is 6.18. The zero-order valence-corrected chi connectivity index (χ0v) is 16.1. The maximum atomic E-state index is 14.4. The second-order valence-corrected chi connectivity index (χ2v) is 6.18. The lowest BCUT2D eigenvalue weighted by Gasteiger charge is -2.33. The van der Waals surface area contributed by atoms with E-state index < -0.39 is 30.2 Å². The van der Waals surface area contributed by atoms with Gasteiger partial charge >= 0.3 is 0 Å². The van der Waals surface area contributed by atoms with E-state index in [1.807, 2.05) is 0 Å². The summed E-state index contributed by atoms with van der Waals surface area (Å²) in [6.07, 6.45) is -0.603. The van der Waals surface area contributed by atoms with Gasteiger partial charge in [0.25, 0.3) is 6.43 Å². The van der Waals surface area contributed by atoms with Gasteiger partial charge in [-0.15, -0.1) is 12.4 Å². The van der Waals surface area contributed by atoms with Gasteiger partial charge in [0.15, 0.2) is 17.1 Å². The molecule has 0 saturated heterocycles.